The van der Waals surface area contributed by atoms with Gasteiger partial charge in [-0.25, -0.2) is 4.79 Å². The second kappa shape index (κ2) is 12.6. The molecule has 0 saturated heterocycles. The quantitative estimate of drug-likeness (QED) is 0.263. The first-order valence-electron chi connectivity index (χ1n) is 12.4. The van der Waals surface area contributed by atoms with Crippen molar-refractivity contribution in [1.29, 1.82) is 0 Å². The third-order valence-corrected chi connectivity index (χ3v) is 6.53. The lowest BCUT2D eigenvalue weighted by molar-refractivity contribution is -0.145. The summed E-state index contributed by atoms with van der Waals surface area (Å²) < 4.78 is 22.8. The van der Waals surface area contributed by atoms with Gasteiger partial charge in [-0.3, -0.25) is 9.69 Å². The Hall–Kier alpha value is -3.86. The molecular formula is C27H30N4O6S. The van der Waals surface area contributed by atoms with Gasteiger partial charge >= 0.3 is 5.97 Å². The molecule has 4 rings (SSSR count). The van der Waals surface area contributed by atoms with E-state index in [9.17, 15) is 9.59 Å². The van der Waals surface area contributed by atoms with E-state index in [2.05, 4.69) is 22.1 Å². The van der Waals surface area contributed by atoms with E-state index in [-0.39, 0.29) is 25.0 Å². The van der Waals surface area contributed by atoms with Crippen molar-refractivity contribution in [2.24, 2.45) is 0 Å². The standard InChI is InChI=1S/C27H30N4O6S/c1-5-14-38-27-28-25-24(29-30-27)19-10-8-9-11-20(19)31(17(4)32)26(37-25)18-12-13-21(22(15-18)34-6-2)36-16-23(33)35-7-3/h8-13,15,26H,5-7,14,16H2,1-4H3. The molecule has 1 aliphatic heterocycles. The summed E-state index contributed by atoms with van der Waals surface area (Å²) in [7, 11) is 0. The summed E-state index contributed by atoms with van der Waals surface area (Å²) in [5.41, 5.74) is 2.38. The van der Waals surface area contributed by atoms with Crippen LogP contribution in [0.5, 0.6) is 17.4 Å². The molecule has 1 amide bonds. The van der Waals surface area contributed by atoms with Crippen LogP contribution in [0.2, 0.25) is 0 Å². The summed E-state index contributed by atoms with van der Waals surface area (Å²) in [6.07, 6.45) is 0.0781. The molecule has 1 unspecified atom stereocenters. The number of benzene rings is 2. The van der Waals surface area contributed by atoms with Gasteiger partial charge in [-0.05, 0) is 44.5 Å². The third kappa shape index (κ3) is 5.99. The van der Waals surface area contributed by atoms with Gasteiger partial charge in [0.15, 0.2) is 23.8 Å². The van der Waals surface area contributed by atoms with Crippen LogP contribution in [0, 0.1) is 0 Å². The summed E-state index contributed by atoms with van der Waals surface area (Å²) in [6, 6.07) is 12.6. The minimum Gasteiger partial charge on any atom is -0.490 e. The number of para-hydroxylation sites is 1. The van der Waals surface area contributed by atoms with E-state index >= 15 is 0 Å². The van der Waals surface area contributed by atoms with Gasteiger partial charge in [0.05, 0.1) is 18.9 Å². The molecule has 200 valence electrons. The number of hydrogen-bond acceptors (Lipinski definition) is 10. The number of carbonyl (C=O) groups is 2. The number of aromatic nitrogens is 3. The van der Waals surface area contributed by atoms with Crippen LogP contribution in [-0.2, 0) is 14.3 Å². The monoisotopic (exact) mass is 538 g/mol. The highest BCUT2D eigenvalue weighted by Gasteiger charge is 2.35. The molecule has 0 saturated carbocycles. The number of thioether (sulfide) groups is 1. The minimum absolute atomic E-state index is 0.232. The number of carbonyl (C=O) groups excluding carboxylic acids is 2. The molecule has 0 aliphatic carbocycles. The normalized spacial score (nSPS) is 14.0. The van der Waals surface area contributed by atoms with Crippen molar-refractivity contribution in [1.82, 2.24) is 15.2 Å². The molecule has 1 aromatic heterocycles. The number of anilines is 1. The number of rotatable bonds is 10. The molecular weight excluding hydrogens is 508 g/mol. The zero-order chi connectivity index (χ0) is 27.1. The maximum atomic E-state index is 13.1. The average molecular weight is 539 g/mol. The topological polar surface area (TPSA) is 113 Å². The molecule has 10 nitrogen and oxygen atoms in total. The average Bonchev–Trinajstić information content (AvgIpc) is 3.06. The molecule has 11 heteroatoms. The van der Waals surface area contributed by atoms with Gasteiger partial charge in [0.1, 0.15) is 0 Å². The summed E-state index contributed by atoms with van der Waals surface area (Å²) in [4.78, 5) is 31.1. The SMILES string of the molecule is CCCSc1nnc2c(n1)OC(c1ccc(OCC(=O)OCC)c(OCC)c1)N(C(C)=O)c1ccccc1-2. The molecule has 38 heavy (non-hydrogen) atoms. The molecule has 1 aliphatic rings. The van der Waals surface area contributed by atoms with Crippen molar-refractivity contribution in [2.45, 2.75) is 45.5 Å². The van der Waals surface area contributed by atoms with Crippen LogP contribution in [0.4, 0.5) is 5.69 Å². The van der Waals surface area contributed by atoms with Gasteiger partial charge in [-0.1, -0.05) is 36.9 Å². The fourth-order valence-electron chi connectivity index (χ4n) is 3.93. The Labute approximate surface area is 225 Å². The zero-order valence-electron chi connectivity index (χ0n) is 21.8. The van der Waals surface area contributed by atoms with Crippen LogP contribution in [0.3, 0.4) is 0 Å². The smallest absolute Gasteiger partial charge is 0.344 e. The van der Waals surface area contributed by atoms with E-state index in [4.69, 9.17) is 18.9 Å². The van der Waals surface area contributed by atoms with E-state index in [0.29, 0.717) is 45.8 Å². The highest BCUT2D eigenvalue weighted by Crippen LogP contribution is 2.44. The summed E-state index contributed by atoms with van der Waals surface area (Å²) in [5.74, 6) is 1.18. The van der Waals surface area contributed by atoms with Crippen molar-refractivity contribution < 1.29 is 28.5 Å². The van der Waals surface area contributed by atoms with Gasteiger partial charge < -0.3 is 18.9 Å². The molecule has 0 fully saturated rings. The van der Waals surface area contributed by atoms with E-state index < -0.39 is 12.2 Å². The van der Waals surface area contributed by atoms with Crippen LogP contribution >= 0.6 is 11.8 Å². The number of ether oxygens (including phenoxy) is 4. The van der Waals surface area contributed by atoms with Crippen molar-refractivity contribution in [3.05, 3.63) is 48.0 Å². The van der Waals surface area contributed by atoms with Crippen LogP contribution in [-0.4, -0.2) is 52.6 Å². The van der Waals surface area contributed by atoms with Crippen molar-refractivity contribution in [3.63, 3.8) is 0 Å². The first kappa shape index (κ1) is 27.2. The van der Waals surface area contributed by atoms with Crippen molar-refractivity contribution in [3.8, 4) is 28.6 Å². The number of fused-ring (bicyclic) bond motifs is 3. The highest BCUT2D eigenvalue weighted by atomic mass is 32.2. The molecule has 0 radical (unpaired) electrons. The van der Waals surface area contributed by atoms with Crippen molar-refractivity contribution in [2.75, 3.05) is 30.5 Å². The van der Waals surface area contributed by atoms with Crippen LogP contribution < -0.4 is 19.1 Å². The van der Waals surface area contributed by atoms with E-state index in [1.165, 1.54) is 18.7 Å². The number of nitrogens with zero attached hydrogens (tertiary/aromatic N) is 4. The van der Waals surface area contributed by atoms with Gasteiger partial charge in [-0.2, -0.15) is 4.98 Å². The number of esters is 1. The molecule has 0 spiro atoms. The van der Waals surface area contributed by atoms with Gasteiger partial charge in [0.2, 0.25) is 23.2 Å². The molecule has 2 aromatic carbocycles. The second-order valence-corrected chi connectivity index (χ2v) is 9.27. The Balaban J connectivity index is 1.79. The second-order valence-electron chi connectivity index (χ2n) is 8.21. The van der Waals surface area contributed by atoms with Crippen molar-refractivity contribution >= 4 is 29.3 Å². The highest BCUT2D eigenvalue weighted by molar-refractivity contribution is 7.99. The summed E-state index contributed by atoms with van der Waals surface area (Å²) in [6.45, 7) is 7.50. The van der Waals surface area contributed by atoms with Gasteiger partial charge in [0.25, 0.3) is 0 Å². The first-order chi connectivity index (χ1) is 18.5. The Morgan fingerprint density at radius 3 is 2.58 bits per heavy atom. The van der Waals surface area contributed by atoms with E-state index in [1.54, 1.807) is 30.0 Å². The number of amides is 1. The molecule has 0 N–H and O–H groups in total. The molecule has 0 bridgehead atoms. The fraction of sp³-hybridized carbons (Fsp3) is 0.370. The first-order valence-corrected chi connectivity index (χ1v) is 13.4. The molecule has 1 atom stereocenters. The zero-order valence-corrected chi connectivity index (χ0v) is 22.6. The lowest BCUT2D eigenvalue weighted by Crippen LogP contribution is -2.36. The largest absolute Gasteiger partial charge is 0.490 e. The molecule has 3 aromatic rings. The maximum absolute atomic E-state index is 13.1. The Morgan fingerprint density at radius 2 is 1.84 bits per heavy atom. The summed E-state index contributed by atoms with van der Waals surface area (Å²) in [5, 5.41) is 9.20. The van der Waals surface area contributed by atoms with Crippen LogP contribution in [0.15, 0.2) is 47.6 Å². The predicted octanol–water partition coefficient (Wildman–Crippen LogP) is 4.83. The predicted molar refractivity (Wildman–Crippen MR) is 143 cm³/mol. The van der Waals surface area contributed by atoms with Gasteiger partial charge in [0, 0.05) is 23.8 Å². The van der Waals surface area contributed by atoms with E-state index in [1.807, 2.05) is 31.2 Å². The van der Waals surface area contributed by atoms with Gasteiger partial charge in [-0.15, -0.1) is 10.2 Å². The maximum Gasteiger partial charge on any atom is 0.344 e. The Kier molecular flexibility index (Phi) is 9.01. The number of hydrogen-bond donors (Lipinski definition) is 0. The van der Waals surface area contributed by atoms with Crippen LogP contribution in [0.25, 0.3) is 11.3 Å². The fourth-order valence-corrected chi connectivity index (χ4v) is 4.56. The third-order valence-electron chi connectivity index (χ3n) is 5.49. The lowest BCUT2D eigenvalue weighted by atomic mass is 10.1. The van der Waals surface area contributed by atoms with E-state index in [0.717, 1.165) is 12.2 Å². The van der Waals surface area contributed by atoms with Crippen LogP contribution in [0.1, 0.15) is 45.9 Å². The summed E-state index contributed by atoms with van der Waals surface area (Å²) >= 11 is 1.49. The lowest BCUT2D eigenvalue weighted by Gasteiger charge is -2.30. The minimum atomic E-state index is -0.881. The Morgan fingerprint density at radius 1 is 1.03 bits per heavy atom. The molecule has 2 heterocycles. The Bertz CT molecular complexity index is 1300.